The highest BCUT2D eigenvalue weighted by atomic mass is 16.5. The molecule has 1 saturated carbocycles. The molecule has 3 atom stereocenters. The number of rotatable bonds is 4. The third-order valence-corrected chi connectivity index (χ3v) is 4.87. The van der Waals surface area contributed by atoms with E-state index in [0.717, 1.165) is 34.9 Å². The standard InChI is InChI=1S/C18H23NO4/c1-11-4-5-13-12(10-23-16(13)8-11)9-17(20)19(2)14-6-7-15(22-3)18(14)21/h4-5,8,10,14-15,18,21H,6-7,9H2,1-3H3/t14-,15-,18-/m1/s1. The van der Waals surface area contributed by atoms with Gasteiger partial charge in [0.2, 0.25) is 5.91 Å². The van der Waals surface area contributed by atoms with Gasteiger partial charge in [-0.1, -0.05) is 12.1 Å². The fourth-order valence-electron chi connectivity index (χ4n) is 3.40. The Morgan fingerprint density at radius 3 is 2.91 bits per heavy atom. The van der Waals surface area contributed by atoms with Gasteiger partial charge in [0, 0.05) is 25.1 Å². The Labute approximate surface area is 135 Å². The van der Waals surface area contributed by atoms with Gasteiger partial charge in [0.1, 0.15) is 11.7 Å². The number of amides is 1. The van der Waals surface area contributed by atoms with Gasteiger partial charge >= 0.3 is 0 Å². The number of benzene rings is 1. The highest BCUT2D eigenvalue weighted by Gasteiger charge is 2.38. The SMILES string of the molecule is CO[C@@H]1CC[C@@H](N(C)C(=O)Cc2coc3cc(C)ccc23)[C@H]1O. The second-order valence-electron chi connectivity index (χ2n) is 6.35. The van der Waals surface area contributed by atoms with Gasteiger partial charge in [-0.2, -0.15) is 0 Å². The molecule has 3 rings (SSSR count). The van der Waals surface area contributed by atoms with Crippen LogP contribution in [0.5, 0.6) is 0 Å². The van der Waals surface area contributed by atoms with E-state index in [2.05, 4.69) is 0 Å². The van der Waals surface area contributed by atoms with Crippen LogP contribution in [0.3, 0.4) is 0 Å². The van der Waals surface area contributed by atoms with Gasteiger partial charge in [0.15, 0.2) is 0 Å². The number of carbonyl (C=O) groups is 1. The summed E-state index contributed by atoms with van der Waals surface area (Å²) in [5.74, 6) is -0.0194. The minimum Gasteiger partial charge on any atom is -0.464 e. The number of likely N-dealkylation sites (N-methyl/N-ethyl adjacent to an activating group) is 1. The molecule has 1 aromatic heterocycles. The Morgan fingerprint density at radius 1 is 1.43 bits per heavy atom. The number of carbonyl (C=O) groups excluding carboxylic acids is 1. The molecular weight excluding hydrogens is 294 g/mol. The van der Waals surface area contributed by atoms with Crippen LogP contribution in [0.4, 0.5) is 0 Å². The molecule has 0 bridgehead atoms. The summed E-state index contributed by atoms with van der Waals surface area (Å²) in [6.07, 6.45) is 2.64. The van der Waals surface area contributed by atoms with Gasteiger partial charge in [-0.05, 0) is 31.4 Å². The van der Waals surface area contributed by atoms with Crippen molar-refractivity contribution in [2.45, 2.75) is 44.4 Å². The van der Waals surface area contributed by atoms with E-state index in [0.29, 0.717) is 0 Å². The van der Waals surface area contributed by atoms with Crippen molar-refractivity contribution in [3.8, 4) is 0 Å². The molecule has 1 aliphatic carbocycles. The van der Waals surface area contributed by atoms with E-state index < -0.39 is 6.10 Å². The summed E-state index contributed by atoms with van der Waals surface area (Å²) in [4.78, 5) is 14.2. The predicted octanol–water partition coefficient (Wildman–Crippen LogP) is 2.28. The first-order valence-electron chi connectivity index (χ1n) is 7.94. The summed E-state index contributed by atoms with van der Waals surface area (Å²) in [5, 5.41) is 11.2. The van der Waals surface area contributed by atoms with Crippen LogP contribution in [-0.2, 0) is 16.0 Å². The quantitative estimate of drug-likeness (QED) is 0.940. The summed E-state index contributed by atoms with van der Waals surface area (Å²) in [6, 6.07) is 5.78. The number of fused-ring (bicyclic) bond motifs is 1. The van der Waals surface area contributed by atoms with Crippen LogP contribution in [0.2, 0.25) is 0 Å². The molecule has 0 spiro atoms. The minimum atomic E-state index is -0.627. The van der Waals surface area contributed by atoms with Crippen molar-refractivity contribution in [1.29, 1.82) is 0 Å². The fourth-order valence-corrected chi connectivity index (χ4v) is 3.40. The highest BCUT2D eigenvalue weighted by Crippen LogP contribution is 2.27. The van der Waals surface area contributed by atoms with Crippen LogP contribution in [0.1, 0.15) is 24.0 Å². The van der Waals surface area contributed by atoms with Crippen molar-refractivity contribution in [3.63, 3.8) is 0 Å². The van der Waals surface area contributed by atoms with E-state index in [1.807, 2.05) is 25.1 Å². The molecule has 1 amide bonds. The molecule has 1 heterocycles. The van der Waals surface area contributed by atoms with Crippen LogP contribution < -0.4 is 0 Å². The van der Waals surface area contributed by atoms with Crippen molar-refractivity contribution in [3.05, 3.63) is 35.6 Å². The third kappa shape index (κ3) is 2.99. The fraction of sp³-hybridized carbons (Fsp3) is 0.500. The number of methoxy groups -OCH3 is 1. The Morgan fingerprint density at radius 2 is 2.22 bits per heavy atom. The second kappa shape index (κ2) is 6.34. The van der Waals surface area contributed by atoms with Crippen LogP contribution in [0.25, 0.3) is 11.0 Å². The predicted molar refractivity (Wildman–Crippen MR) is 87.3 cm³/mol. The average Bonchev–Trinajstić information content (AvgIpc) is 3.09. The van der Waals surface area contributed by atoms with Crippen molar-refractivity contribution < 1.29 is 19.1 Å². The van der Waals surface area contributed by atoms with Gasteiger partial charge in [-0.15, -0.1) is 0 Å². The number of aryl methyl sites for hydroxylation is 1. The van der Waals surface area contributed by atoms with Crippen molar-refractivity contribution in [2.24, 2.45) is 0 Å². The zero-order valence-electron chi connectivity index (χ0n) is 13.8. The summed E-state index contributed by atoms with van der Waals surface area (Å²) >= 11 is 0. The lowest BCUT2D eigenvalue weighted by molar-refractivity contribution is -0.134. The molecule has 1 aliphatic rings. The van der Waals surface area contributed by atoms with E-state index in [-0.39, 0.29) is 24.5 Å². The number of aliphatic hydroxyl groups excluding tert-OH is 1. The third-order valence-electron chi connectivity index (χ3n) is 4.87. The molecule has 1 N–H and O–H groups in total. The lowest BCUT2D eigenvalue weighted by Crippen LogP contribution is -2.45. The second-order valence-corrected chi connectivity index (χ2v) is 6.35. The van der Waals surface area contributed by atoms with Crippen LogP contribution in [0.15, 0.2) is 28.9 Å². The van der Waals surface area contributed by atoms with Gasteiger partial charge in [-0.25, -0.2) is 0 Å². The van der Waals surface area contributed by atoms with Crippen LogP contribution in [0, 0.1) is 6.92 Å². The maximum absolute atomic E-state index is 12.6. The Balaban J connectivity index is 1.73. The van der Waals surface area contributed by atoms with Gasteiger partial charge in [0.05, 0.1) is 24.8 Å². The molecular formula is C18H23NO4. The maximum atomic E-state index is 12.6. The average molecular weight is 317 g/mol. The number of hydrogen-bond acceptors (Lipinski definition) is 4. The van der Waals surface area contributed by atoms with Gasteiger partial charge in [-0.3, -0.25) is 4.79 Å². The zero-order chi connectivity index (χ0) is 16.6. The maximum Gasteiger partial charge on any atom is 0.227 e. The number of hydrogen-bond donors (Lipinski definition) is 1. The summed E-state index contributed by atoms with van der Waals surface area (Å²) in [7, 11) is 3.35. The molecule has 124 valence electrons. The molecule has 0 aliphatic heterocycles. The van der Waals surface area contributed by atoms with Gasteiger partial charge in [0.25, 0.3) is 0 Å². The summed E-state index contributed by atoms with van der Waals surface area (Å²) < 4.78 is 10.8. The molecule has 0 saturated heterocycles. The Kier molecular flexibility index (Phi) is 4.41. The largest absolute Gasteiger partial charge is 0.464 e. The summed E-state index contributed by atoms with van der Waals surface area (Å²) in [5.41, 5.74) is 2.81. The Hall–Kier alpha value is -1.85. The van der Waals surface area contributed by atoms with E-state index in [9.17, 15) is 9.90 Å². The number of aliphatic hydroxyl groups is 1. The smallest absolute Gasteiger partial charge is 0.227 e. The molecule has 5 nitrogen and oxygen atoms in total. The van der Waals surface area contributed by atoms with Gasteiger partial charge < -0.3 is 19.2 Å². The van der Waals surface area contributed by atoms with Crippen molar-refractivity contribution >= 4 is 16.9 Å². The lowest BCUT2D eigenvalue weighted by Gasteiger charge is -2.28. The molecule has 0 unspecified atom stereocenters. The minimum absolute atomic E-state index is 0.0194. The van der Waals surface area contributed by atoms with E-state index in [4.69, 9.17) is 9.15 Å². The van der Waals surface area contributed by atoms with E-state index >= 15 is 0 Å². The lowest BCUT2D eigenvalue weighted by atomic mass is 10.1. The topological polar surface area (TPSA) is 62.9 Å². The first-order chi connectivity index (χ1) is 11.0. The van der Waals surface area contributed by atoms with Crippen molar-refractivity contribution in [1.82, 2.24) is 4.90 Å². The van der Waals surface area contributed by atoms with E-state index in [1.165, 1.54) is 0 Å². The normalized spacial score (nSPS) is 24.3. The number of furan rings is 1. The monoisotopic (exact) mass is 317 g/mol. The summed E-state index contributed by atoms with van der Waals surface area (Å²) in [6.45, 7) is 2.01. The Bertz CT molecular complexity index is 708. The van der Waals surface area contributed by atoms with Crippen LogP contribution >= 0.6 is 0 Å². The molecule has 2 aromatic rings. The molecule has 1 aromatic carbocycles. The first-order valence-corrected chi connectivity index (χ1v) is 7.94. The molecule has 1 fully saturated rings. The zero-order valence-corrected chi connectivity index (χ0v) is 13.8. The first kappa shape index (κ1) is 16.0. The molecule has 0 radical (unpaired) electrons. The van der Waals surface area contributed by atoms with E-state index in [1.54, 1.807) is 25.3 Å². The number of nitrogens with zero attached hydrogens (tertiary/aromatic N) is 1. The highest BCUT2D eigenvalue weighted by molar-refractivity contribution is 5.88. The van der Waals surface area contributed by atoms with Crippen molar-refractivity contribution in [2.75, 3.05) is 14.2 Å². The molecule has 23 heavy (non-hydrogen) atoms. The van der Waals surface area contributed by atoms with Crippen LogP contribution in [-0.4, -0.2) is 48.3 Å². The number of ether oxygens (including phenoxy) is 1. The molecule has 5 heteroatoms.